The Labute approximate surface area is 179 Å². The quantitative estimate of drug-likeness (QED) is 0.642. The zero-order chi connectivity index (χ0) is 20.5. The summed E-state index contributed by atoms with van der Waals surface area (Å²) < 4.78 is 14.7. The van der Waals surface area contributed by atoms with Gasteiger partial charge in [-0.1, -0.05) is 18.2 Å². The normalized spacial score (nSPS) is 20.7. The van der Waals surface area contributed by atoms with Gasteiger partial charge in [0.05, 0.1) is 36.5 Å². The third-order valence-corrected chi connectivity index (χ3v) is 7.08. The summed E-state index contributed by atoms with van der Waals surface area (Å²) in [6.45, 7) is 5.60. The summed E-state index contributed by atoms with van der Waals surface area (Å²) in [5.41, 5.74) is 2.22. The number of hydrogen-bond donors (Lipinski definition) is 0. The molecule has 3 aromatic rings. The summed E-state index contributed by atoms with van der Waals surface area (Å²) >= 11 is 1.58. The topological polar surface area (TPSA) is 59.8 Å². The van der Waals surface area contributed by atoms with Crippen LogP contribution in [0.25, 0.3) is 10.1 Å². The fourth-order valence-corrected chi connectivity index (χ4v) is 5.48. The number of rotatable bonds is 4. The van der Waals surface area contributed by atoms with E-state index in [9.17, 15) is 4.79 Å². The fraction of sp³-hybridized carbons (Fsp3) is 0.455. The van der Waals surface area contributed by atoms with Gasteiger partial charge in [0, 0.05) is 56.2 Å². The molecule has 0 aliphatic carbocycles. The van der Waals surface area contributed by atoms with Crippen LogP contribution < -0.4 is 0 Å². The van der Waals surface area contributed by atoms with Crippen molar-refractivity contribution >= 4 is 27.3 Å². The second-order valence-electron chi connectivity index (χ2n) is 7.79. The third kappa shape index (κ3) is 3.76. The van der Waals surface area contributed by atoms with Crippen molar-refractivity contribution in [2.75, 3.05) is 46.0 Å². The molecule has 2 fully saturated rings. The minimum Gasteiger partial charge on any atom is -0.378 e. The van der Waals surface area contributed by atoms with Crippen molar-refractivity contribution < 1.29 is 14.3 Å². The molecule has 2 aliphatic rings. The number of ether oxygens (including phenoxy) is 2. The first-order chi connectivity index (χ1) is 14.7. The van der Waals surface area contributed by atoms with Crippen LogP contribution >= 0.6 is 11.3 Å². The molecule has 2 aliphatic heterocycles. The van der Waals surface area contributed by atoms with Gasteiger partial charge in [-0.15, -0.1) is 11.3 Å². The molecule has 158 valence electrons. The van der Waals surface area contributed by atoms with E-state index in [0.29, 0.717) is 32.9 Å². The molecule has 8 heteroatoms. The van der Waals surface area contributed by atoms with Crippen molar-refractivity contribution in [2.45, 2.75) is 12.6 Å². The smallest absolute Gasteiger partial charge is 0.264 e. The highest BCUT2D eigenvalue weighted by atomic mass is 32.1. The van der Waals surface area contributed by atoms with E-state index in [-0.39, 0.29) is 12.0 Å². The monoisotopic (exact) mass is 426 g/mol. The number of hydrogen-bond acceptors (Lipinski definition) is 6. The fourth-order valence-electron chi connectivity index (χ4n) is 4.26. The lowest BCUT2D eigenvalue weighted by Crippen LogP contribution is -2.41. The minimum atomic E-state index is -0.122. The SMILES string of the molecule is Cn1nccc1CN1CCO[C@H](c2c(C(=O)N3CCOCC3)sc3ccccc23)C1. The van der Waals surface area contributed by atoms with Gasteiger partial charge in [0.15, 0.2) is 0 Å². The van der Waals surface area contributed by atoms with Crippen LogP contribution in [0.5, 0.6) is 0 Å². The molecule has 30 heavy (non-hydrogen) atoms. The van der Waals surface area contributed by atoms with Crippen LogP contribution in [0.4, 0.5) is 0 Å². The molecule has 1 atom stereocenters. The summed E-state index contributed by atoms with van der Waals surface area (Å²) in [5.74, 6) is 0.0989. The number of fused-ring (bicyclic) bond motifs is 1. The zero-order valence-electron chi connectivity index (χ0n) is 17.1. The first-order valence-corrected chi connectivity index (χ1v) is 11.2. The Morgan fingerprint density at radius 2 is 2.00 bits per heavy atom. The Kier molecular flexibility index (Phi) is 5.56. The van der Waals surface area contributed by atoms with Gasteiger partial charge in [0.2, 0.25) is 0 Å². The molecule has 0 saturated carbocycles. The molecular weight excluding hydrogens is 400 g/mol. The second-order valence-corrected chi connectivity index (χ2v) is 8.84. The Morgan fingerprint density at radius 1 is 1.17 bits per heavy atom. The van der Waals surface area contributed by atoms with E-state index in [1.165, 1.54) is 5.69 Å². The number of aryl methyl sites for hydroxylation is 1. The standard InChI is InChI=1S/C22H26N4O3S/c1-24-16(6-7-23-24)14-25-8-13-29-18(15-25)20-17-4-2-3-5-19(17)30-21(20)22(27)26-9-11-28-12-10-26/h2-7,18H,8-15H2,1H3/t18-/m0/s1. The molecule has 1 aromatic carbocycles. The van der Waals surface area contributed by atoms with E-state index >= 15 is 0 Å². The summed E-state index contributed by atoms with van der Waals surface area (Å²) in [7, 11) is 1.97. The van der Waals surface area contributed by atoms with Crippen LogP contribution in [0.1, 0.15) is 27.0 Å². The van der Waals surface area contributed by atoms with Crippen molar-refractivity contribution in [2.24, 2.45) is 7.05 Å². The van der Waals surface area contributed by atoms with Gasteiger partial charge in [0.25, 0.3) is 5.91 Å². The maximum atomic E-state index is 13.4. The van der Waals surface area contributed by atoms with Gasteiger partial charge in [-0.05, 0) is 17.5 Å². The van der Waals surface area contributed by atoms with Gasteiger partial charge in [-0.2, -0.15) is 5.10 Å². The van der Waals surface area contributed by atoms with Crippen molar-refractivity contribution in [1.82, 2.24) is 19.6 Å². The summed E-state index contributed by atoms with van der Waals surface area (Å²) in [5, 5.41) is 5.41. The Hall–Kier alpha value is -2.26. The first-order valence-electron chi connectivity index (χ1n) is 10.4. The molecule has 0 unspecified atom stereocenters. The maximum Gasteiger partial charge on any atom is 0.264 e. The van der Waals surface area contributed by atoms with Gasteiger partial charge in [0.1, 0.15) is 0 Å². The number of aromatic nitrogens is 2. The number of nitrogens with zero attached hydrogens (tertiary/aromatic N) is 4. The molecule has 0 radical (unpaired) electrons. The van der Waals surface area contributed by atoms with Crippen LogP contribution in [-0.2, 0) is 23.1 Å². The average Bonchev–Trinajstić information content (AvgIpc) is 3.37. The highest BCUT2D eigenvalue weighted by Crippen LogP contribution is 2.39. The zero-order valence-corrected chi connectivity index (χ0v) is 17.9. The highest BCUT2D eigenvalue weighted by Gasteiger charge is 2.32. The lowest BCUT2D eigenvalue weighted by molar-refractivity contribution is -0.0332. The van der Waals surface area contributed by atoms with Crippen molar-refractivity contribution in [1.29, 1.82) is 0 Å². The lowest BCUT2D eigenvalue weighted by Gasteiger charge is -2.34. The first kappa shape index (κ1) is 19.7. The molecule has 2 aromatic heterocycles. The van der Waals surface area contributed by atoms with Crippen molar-refractivity contribution in [3.63, 3.8) is 0 Å². The molecule has 7 nitrogen and oxygen atoms in total. The molecule has 1 amide bonds. The van der Waals surface area contributed by atoms with Gasteiger partial charge in [-0.3, -0.25) is 14.4 Å². The van der Waals surface area contributed by atoms with Crippen molar-refractivity contribution in [3.05, 3.63) is 52.7 Å². The number of morpholine rings is 2. The predicted octanol–water partition coefficient (Wildman–Crippen LogP) is 2.68. The van der Waals surface area contributed by atoms with E-state index in [2.05, 4.69) is 28.2 Å². The Bertz CT molecular complexity index is 1040. The van der Waals surface area contributed by atoms with Crippen LogP contribution in [0, 0.1) is 0 Å². The lowest BCUT2D eigenvalue weighted by atomic mass is 10.0. The number of carbonyl (C=O) groups is 1. The van der Waals surface area contributed by atoms with Crippen LogP contribution in [0.3, 0.4) is 0 Å². The van der Waals surface area contributed by atoms with Crippen LogP contribution in [0.2, 0.25) is 0 Å². The molecule has 2 saturated heterocycles. The molecular formula is C22H26N4O3S. The Balaban J connectivity index is 1.46. The van der Waals surface area contributed by atoms with Crippen LogP contribution in [-0.4, -0.2) is 71.5 Å². The molecule has 0 spiro atoms. The summed E-state index contributed by atoms with van der Waals surface area (Å²) in [4.78, 5) is 18.5. The van der Waals surface area contributed by atoms with Gasteiger partial charge in [-0.25, -0.2) is 0 Å². The number of carbonyl (C=O) groups excluding carboxylic acids is 1. The number of thiophene rings is 1. The van der Waals surface area contributed by atoms with Crippen molar-refractivity contribution in [3.8, 4) is 0 Å². The Morgan fingerprint density at radius 3 is 2.80 bits per heavy atom. The second kappa shape index (κ2) is 8.47. The van der Waals surface area contributed by atoms with E-state index < -0.39 is 0 Å². The van der Waals surface area contributed by atoms with Gasteiger partial charge < -0.3 is 14.4 Å². The summed E-state index contributed by atoms with van der Waals surface area (Å²) in [6.07, 6.45) is 1.71. The van der Waals surface area contributed by atoms with E-state index in [1.54, 1.807) is 11.3 Å². The van der Waals surface area contributed by atoms with Crippen LogP contribution in [0.15, 0.2) is 36.5 Å². The number of benzene rings is 1. The van der Waals surface area contributed by atoms with E-state index in [1.807, 2.05) is 35.0 Å². The van der Waals surface area contributed by atoms with Gasteiger partial charge >= 0.3 is 0 Å². The summed E-state index contributed by atoms with van der Waals surface area (Å²) in [6, 6.07) is 10.3. The molecule has 5 rings (SSSR count). The largest absolute Gasteiger partial charge is 0.378 e. The number of amides is 1. The molecule has 4 heterocycles. The van der Waals surface area contributed by atoms with E-state index in [4.69, 9.17) is 9.47 Å². The third-order valence-electron chi connectivity index (χ3n) is 5.91. The average molecular weight is 427 g/mol. The predicted molar refractivity (Wildman–Crippen MR) is 116 cm³/mol. The highest BCUT2D eigenvalue weighted by molar-refractivity contribution is 7.21. The molecule has 0 N–H and O–H groups in total. The maximum absolute atomic E-state index is 13.4. The van der Waals surface area contributed by atoms with E-state index in [0.717, 1.165) is 40.2 Å². The minimum absolute atomic E-state index is 0.0989. The molecule has 0 bridgehead atoms.